The van der Waals surface area contributed by atoms with Gasteiger partial charge in [-0.05, 0) is 25.0 Å². The molecule has 1 aromatic rings. The Morgan fingerprint density at radius 3 is 2.42 bits per heavy atom. The summed E-state index contributed by atoms with van der Waals surface area (Å²) in [4.78, 5) is 11.2. The standard InChI is InChI=1S/C10H10NO/c12-10(8-6-7-8)11-9-4-2-1-3-5-9/h1-5H,6-7H2,(H,11,12). The molecular formula is C10H10NO. The van der Waals surface area contributed by atoms with Gasteiger partial charge in [-0.1, -0.05) is 18.2 Å². The van der Waals surface area contributed by atoms with Crippen LogP contribution in [-0.2, 0) is 4.79 Å². The Bertz CT molecular complexity index is 277. The molecule has 0 unspecified atom stereocenters. The Labute approximate surface area is 71.6 Å². The Hall–Kier alpha value is -1.31. The first-order valence-corrected chi connectivity index (χ1v) is 4.07. The van der Waals surface area contributed by atoms with Gasteiger partial charge >= 0.3 is 0 Å². The molecule has 2 nitrogen and oxygen atoms in total. The van der Waals surface area contributed by atoms with E-state index in [0.717, 1.165) is 24.4 Å². The fourth-order valence-electron chi connectivity index (χ4n) is 1.03. The van der Waals surface area contributed by atoms with E-state index in [2.05, 4.69) is 5.32 Å². The summed E-state index contributed by atoms with van der Waals surface area (Å²) >= 11 is 0. The fraction of sp³-hybridized carbons (Fsp3) is 0.200. The second kappa shape index (κ2) is 2.97. The van der Waals surface area contributed by atoms with Crippen LogP contribution < -0.4 is 5.32 Å². The molecule has 0 aliphatic heterocycles. The predicted molar refractivity (Wildman–Crippen MR) is 47.5 cm³/mol. The number of benzene rings is 1. The third-order valence-electron chi connectivity index (χ3n) is 1.85. The van der Waals surface area contributed by atoms with E-state index in [9.17, 15) is 4.79 Å². The lowest BCUT2D eigenvalue weighted by Crippen LogP contribution is -2.11. The highest BCUT2D eigenvalue weighted by Crippen LogP contribution is 2.32. The van der Waals surface area contributed by atoms with Gasteiger partial charge in [-0.25, -0.2) is 0 Å². The summed E-state index contributed by atoms with van der Waals surface area (Å²) in [6.45, 7) is 0. The average molecular weight is 160 g/mol. The van der Waals surface area contributed by atoms with E-state index in [-0.39, 0.29) is 5.91 Å². The molecule has 1 aliphatic carbocycles. The molecule has 1 fully saturated rings. The molecule has 1 aromatic carbocycles. The van der Waals surface area contributed by atoms with E-state index < -0.39 is 0 Å². The van der Waals surface area contributed by atoms with Crippen molar-refractivity contribution in [3.05, 3.63) is 36.2 Å². The summed E-state index contributed by atoms with van der Waals surface area (Å²) in [6, 6.07) is 9.53. The quantitative estimate of drug-likeness (QED) is 0.704. The molecule has 1 amide bonds. The second-order valence-electron chi connectivity index (χ2n) is 2.92. The van der Waals surface area contributed by atoms with Crippen LogP contribution in [0.1, 0.15) is 12.8 Å². The lowest BCUT2D eigenvalue weighted by Gasteiger charge is -2.01. The Kier molecular flexibility index (Phi) is 1.82. The van der Waals surface area contributed by atoms with Crippen LogP contribution >= 0.6 is 0 Å². The summed E-state index contributed by atoms with van der Waals surface area (Å²) in [5, 5.41) is 2.83. The lowest BCUT2D eigenvalue weighted by atomic mass is 10.3. The maximum Gasteiger partial charge on any atom is 0.231 e. The Morgan fingerprint density at radius 1 is 1.17 bits per heavy atom. The van der Waals surface area contributed by atoms with Crippen molar-refractivity contribution in [3.63, 3.8) is 0 Å². The number of rotatable bonds is 2. The van der Waals surface area contributed by atoms with Crippen LogP contribution in [0.15, 0.2) is 30.3 Å². The van der Waals surface area contributed by atoms with Gasteiger partial charge in [0.05, 0.1) is 5.92 Å². The minimum absolute atomic E-state index is 0.0844. The second-order valence-corrected chi connectivity index (χ2v) is 2.92. The number of carbonyl (C=O) groups excluding carboxylic acids is 1. The highest BCUT2D eigenvalue weighted by Gasteiger charge is 2.30. The third kappa shape index (κ3) is 1.64. The van der Waals surface area contributed by atoms with Gasteiger partial charge in [0.25, 0.3) is 0 Å². The number of anilines is 1. The van der Waals surface area contributed by atoms with Crippen LogP contribution in [0.2, 0.25) is 0 Å². The zero-order valence-electron chi connectivity index (χ0n) is 6.71. The van der Waals surface area contributed by atoms with Crippen molar-refractivity contribution >= 4 is 11.6 Å². The van der Waals surface area contributed by atoms with Crippen LogP contribution in [0.4, 0.5) is 5.69 Å². The molecule has 0 atom stereocenters. The van der Waals surface area contributed by atoms with Crippen molar-refractivity contribution in [3.8, 4) is 0 Å². The largest absolute Gasteiger partial charge is 0.326 e. The van der Waals surface area contributed by atoms with Crippen LogP contribution in [0.5, 0.6) is 0 Å². The minimum atomic E-state index is 0.0844. The summed E-state index contributed by atoms with van der Waals surface area (Å²) < 4.78 is 0. The molecule has 2 heteroatoms. The van der Waals surface area contributed by atoms with Crippen molar-refractivity contribution in [2.45, 2.75) is 12.8 Å². The monoisotopic (exact) mass is 160 g/mol. The van der Waals surface area contributed by atoms with Gasteiger partial charge in [0.2, 0.25) is 5.91 Å². The normalized spacial score (nSPS) is 15.7. The summed E-state index contributed by atoms with van der Waals surface area (Å²) in [6.07, 6.45) is 1.94. The van der Waals surface area contributed by atoms with Crippen LogP contribution in [-0.4, -0.2) is 5.91 Å². The molecule has 1 aliphatic rings. The van der Waals surface area contributed by atoms with E-state index in [0.29, 0.717) is 0 Å². The van der Waals surface area contributed by atoms with Crippen LogP contribution in [0, 0.1) is 5.92 Å². The SMILES string of the molecule is O=C(Nc1ccccc1)[C]1CC1. The highest BCUT2D eigenvalue weighted by atomic mass is 16.2. The minimum Gasteiger partial charge on any atom is -0.326 e. The van der Waals surface area contributed by atoms with Gasteiger partial charge < -0.3 is 5.32 Å². The van der Waals surface area contributed by atoms with E-state index in [1.807, 2.05) is 30.3 Å². The number of para-hydroxylation sites is 1. The molecule has 1 N–H and O–H groups in total. The maximum absolute atomic E-state index is 11.2. The van der Waals surface area contributed by atoms with Crippen LogP contribution in [0.25, 0.3) is 0 Å². The van der Waals surface area contributed by atoms with Gasteiger partial charge in [-0.15, -0.1) is 0 Å². The first kappa shape index (κ1) is 7.35. The highest BCUT2D eigenvalue weighted by molar-refractivity contribution is 6.03. The molecular weight excluding hydrogens is 150 g/mol. The van der Waals surface area contributed by atoms with Gasteiger partial charge in [0, 0.05) is 5.69 Å². The number of amides is 1. The van der Waals surface area contributed by atoms with E-state index in [1.165, 1.54) is 0 Å². The zero-order valence-corrected chi connectivity index (χ0v) is 6.71. The predicted octanol–water partition coefficient (Wildman–Crippen LogP) is 1.99. The van der Waals surface area contributed by atoms with Gasteiger partial charge in [0.15, 0.2) is 0 Å². The third-order valence-corrected chi connectivity index (χ3v) is 1.85. The molecule has 61 valence electrons. The molecule has 0 heterocycles. The molecule has 1 saturated carbocycles. The topological polar surface area (TPSA) is 29.1 Å². The zero-order chi connectivity index (χ0) is 8.39. The fourth-order valence-corrected chi connectivity index (χ4v) is 1.03. The summed E-state index contributed by atoms with van der Waals surface area (Å²) in [7, 11) is 0. The summed E-state index contributed by atoms with van der Waals surface area (Å²) in [5.74, 6) is 1.10. The number of hydrogen-bond acceptors (Lipinski definition) is 1. The first-order valence-electron chi connectivity index (χ1n) is 4.07. The number of hydrogen-bond donors (Lipinski definition) is 1. The number of nitrogens with one attached hydrogen (secondary N) is 1. The molecule has 0 bridgehead atoms. The molecule has 12 heavy (non-hydrogen) atoms. The van der Waals surface area contributed by atoms with Crippen molar-refractivity contribution in [1.29, 1.82) is 0 Å². The first-order chi connectivity index (χ1) is 5.86. The molecule has 0 saturated heterocycles. The van der Waals surface area contributed by atoms with E-state index in [1.54, 1.807) is 0 Å². The van der Waals surface area contributed by atoms with Gasteiger partial charge in [-0.3, -0.25) is 4.79 Å². The van der Waals surface area contributed by atoms with E-state index >= 15 is 0 Å². The maximum atomic E-state index is 11.2. The van der Waals surface area contributed by atoms with E-state index in [4.69, 9.17) is 0 Å². The Morgan fingerprint density at radius 2 is 1.83 bits per heavy atom. The van der Waals surface area contributed by atoms with Crippen LogP contribution in [0.3, 0.4) is 0 Å². The molecule has 1 radical (unpaired) electrons. The van der Waals surface area contributed by atoms with Crippen molar-refractivity contribution in [2.24, 2.45) is 0 Å². The smallest absolute Gasteiger partial charge is 0.231 e. The van der Waals surface area contributed by atoms with Crippen molar-refractivity contribution < 1.29 is 4.79 Å². The average Bonchev–Trinajstić information content (AvgIpc) is 2.88. The molecule has 0 aromatic heterocycles. The Balaban J connectivity index is 1.98. The number of carbonyl (C=O) groups is 1. The van der Waals surface area contributed by atoms with Gasteiger partial charge in [-0.2, -0.15) is 0 Å². The summed E-state index contributed by atoms with van der Waals surface area (Å²) in [5.41, 5.74) is 0.877. The van der Waals surface area contributed by atoms with Crippen molar-refractivity contribution in [2.75, 3.05) is 5.32 Å². The lowest BCUT2D eigenvalue weighted by molar-refractivity contribution is -0.113. The van der Waals surface area contributed by atoms with Crippen molar-refractivity contribution in [1.82, 2.24) is 0 Å². The molecule has 0 spiro atoms. The van der Waals surface area contributed by atoms with Gasteiger partial charge in [0.1, 0.15) is 0 Å². The molecule has 2 rings (SSSR count).